The van der Waals surface area contributed by atoms with E-state index in [9.17, 15) is 10.1 Å². The zero-order chi connectivity index (χ0) is 14.5. The molecule has 2 rings (SSSR count). The molecule has 2 aromatic carbocycles. The van der Waals surface area contributed by atoms with Crippen LogP contribution in [0.3, 0.4) is 0 Å². The van der Waals surface area contributed by atoms with Crippen LogP contribution in [0.5, 0.6) is 5.75 Å². The lowest BCUT2D eigenvalue weighted by atomic mass is 10.1. The Labute approximate surface area is 122 Å². The Balaban J connectivity index is 2.15. The van der Waals surface area contributed by atoms with Crippen LogP contribution < -0.4 is 4.74 Å². The highest BCUT2D eigenvalue weighted by Crippen LogP contribution is 2.26. The van der Waals surface area contributed by atoms with Crippen molar-refractivity contribution in [1.82, 2.24) is 0 Å². The first-order valence-electron chi connectivity index (χ1n) is 6.25. The highest BCUT2D eigenvalue weighted by molar-refractivity contribution is 6.32. The van der Waals surface area contributed by atoms with Crippen LogP contribution in [0.1, 0.15) is 18.1 Å². The van der Waals surface area contributed by atoms with Crippen LogP contribution in [0.15, 0.2) is 42.5 Å². The van der Waals surface area contributed by atoms with E-state index >= 15 is 0 Å². The molecule has 5 heteroatoms. The van der Waals surface area contributed by atoms with Gasteiger partial charge < -0.3 is 4.74 Å². The van der Waals surface area contributed by atoms with E-state index in [0.29, 0.717) is 5.56 Å². The molecule has 104 valence electrons. The molecular weight excluding hydrogens is 278 g/mol. The summed E-state index contributed by atoms with van der Waals surface area (Å²) in [6.07, 6.45) is 0.872. The van der Waals surface area contributed by atoms with Gasteiger partial charge in [-0.2, -0.15) is 0 Å². The number of halogens is 1. The Morgan fingerprint density at radius 2 is 2.00 bits per heavy atom. The van der Waals surface area contributed by atoms with Gasteiger partial charge in [0.2, 0.25) is 0 Å². The SMILES string of the molecule is CCc1ccccc1OCc1ccc(Cl)c([N+](=O)[O-])c1. The molecule has 0 N–H and O–H groups in total. The minimum Gasteiger partial charge on any atom is -0.489 e. The third kappa shape index (κ3) is 3.27. The second kappa shape index (κ2) is 6.39. The highest BCUT2D eigenvalue weighted by Gasteiger charge is 2.13. The van der Waals surface area contributed by atoms with E-state index in [-0.39, 0.29) is 17.3 Å². The molecule has 0 heterocycles. The van der Waals surface area contributed by atoms with Gasteiger partial charge >= 0.3 is 0 Å². The van der Waals surface area contributed by atoms with E-state index in [1.807, 2.05) is 24.3 Å². The van der Waals surface area contributed by atoms with Crippen molar-refractivity contribution in [2.24, 2.45) is 0 Å². The van der Waals surface area contributed by atoms with Crippen molar-refractivity contribution in [1.29, 1.82) is 0 Å². The molecular formula is C15H14ClNO3. The van der Waals surface area contributed by atoms with Crippen LogP contribution in [-0.4, -0.2) is 4.92 Å². The zero-order valence-electron chi connectivity index (χ0n) is 11.0. The predicted molar refractivity (Wildman–Crippen MR) is 78.3 cm³/mol. The van der Waals surface area contributed by atoms with Gasteiger partial charge in [-0.25, -0.2) is 0 Å². The Morgan fingerprint density at radius 1 is 1.25 bits per heavy atom. The van der Waals surface area contributed by atoms with E-state index in [1.54, 1.807) is 6.07 Å². The number of nitro groups is 1. The lowest BCUT2D eigenvalue weighted by molar-refractivity contribution is -0.384. The molecule has 0 saturated heterocycles. The summed E-state index contributed by atoms with van der Waals surface area (Å²) >= 11 is 5.77. The topological polar surface area (TPSA) is 52.4 Å². The lowest BCUT2D eigenvalue weighted by Gasteiger charge is -2.10. The molecule has 4 nitrogen and oxygen atoms in total. The van der Waals surface area contributed by atoms with Gasteiger partial charge in [0.25, 0.3) is 5.69 Å². The first-order valence-corrected chi connectivity index (χ1v) is 6.63. The van der Waals surface area contributed by atoms with Crippen molar-refractivity contribution < 1.29 is 9.66 Å². The third-order valence-electron chi connectivity index (χ3n) is 2.96. The van der Waals surface area contributed by atoms with E-state index in [1.165, 1.54) is 12.1 Å². The summed E-state index contributed by atoms with van der Waals surface area (Å²) in [4.78, 5) is 10.3. The van der Waals surface area contributed by atoms with E-state index < -0.39 is 4.92 Å². The van der Waals surface area contributed by atoms with Gasteiger partial charge in [0.1, 0.15) is 17.4 Å². The Hall–Kier alpha value is -2.07. The molecule has 0 aliphatic heterocycles. The molecule has 0 aliphatic rings. The van der Waals surface area contributed by atoms with Crippen molar-refractivity contribution in [3.8, 4) is 5.75 Å². The van der Waals surface area contributed by atoms with Gasteiger partial charge in [0, 0.05) is 6.07 Å². The summed E-state index contributed by atoms with van der Waals surface area (Å²) in [5.74, 6) is 0.799. The van der Waals surface area contributed by atoms with E-state index in [2.05, 4.69) is 6.92 Å². The molecule has 0 unspecified atom stereocenters. The molecule has 0 aromatic heterocycles. The zero-order valence-corrected chi connectivity index (χ0v) is 11.8. The van der Waals surface area contributed by atoms with Crippen molar-refractivity contribution in [3.63, 3.8) is 0 Å². The number of nitrogens with zero attached hydrogens (tertiary/aromatic N) is 1. The van der Waals surface area contributed by atoms with Crippen LogP contribution in [0.2, 0.25) is 5.02 Å². The molecule has 0 amide bonds. The van der Waals surface area contributed by atoms with Gasteiger partial charge in [-0.3, -0.25) is 10.1 Å². The highest BCUT2D eigenvalue weighted by atomic mass is 35.5. The van der Waals surface area contributed by atoms with Gasteiger partial charge in [-0.15, -0.1) is 0 Å². The number of rotatable bonds is 5. The number of aryl methyl sites for hydroxylation is 1. The van der Waals surface area contributed by atoms with Crippen LogP contribution in [-0.2, 0) is 13.0 Å². The van der Waals surface area contributed by atoms with Crippen LogP contribution >= 0.6 is 11.6 Å². The first kappa shape index (κ1) is 14.3. The first-order chi connectivity index (χ1) is 9.61. The second-order valence-electron chi connectivity index (χ2n) is 4.29. The Morgan fingerprint density at radius 3 is 2.70 bits per heavy atom. The summed E-state index contributed by atoms with van der Waals surface area (Å²) in [6.45, 7) is 2.32. The molecule has 2 aromatic rings. The second-order valence-corrected chi connectivity index (χ2v) is 4.70. The molecule has 0 bridgehead atoms. The van der Waals surface area contributed by atoms with E-state index in [4.69, 9.17) is 16.3 Å². The number of benzene rings is 2. The smallest absolute Gasteiger partial charge is 0.288 e. The van der Waals surface area contributed by atoms with Gasteiger partial charge in [0.05, 0.1) is 4.92 Å². The number of nitro benzene ring substituents is 1. The molecule has 0 saturated carbocycles. The Kier molecular flexibility index (Phi) is 4.58. The average molecular weight is 292 g/mol. The monoisotopic (exact) mass is 291 g/mol. The van der Waals surface area contributed by atoms with Crippen molar-refractivity contribution in [2.75, 3.05) is 0 Å². The fraction of sp³-hybridized carbons (Fsp3) is 0.200. The summed E-state index contributed by atoms with van der Waals surface area (Å²) < 4.78 is 5.72. The predicted octanol–water partition coefficient (Wildman–Crippen LogP) is 4.39. The summed E-state index contributed by atoms with van der Waals surface area (Å²) in [5.41, 5.74) is 1.72. The summed E-state index contributed by atoms with van der Waals surface area (Å²) in [5, 5.41) is 11.0. The number of para-hydroxylation sites is 1. The fourth-order valence-electron chi connectivity index (χ4n) is 1.89. The van der Waals surface area contributed by atoms with Crippen molar-refractivity contribution in [2.45, 2.75) is 20.0 Å². The molecule has 0 fully saturated rings. The van der Waals surface area contributed by atoms with Crippen LogP contribution in [0, 0.1) is 10.1 Å². The molecule has 0 atom stereocenters. The van der Waals surface area contributed by atoms with Crippen molar-refractivity contribution >= 4 is 17.3 Å². The quantitative estimate of drug-likeness (QED) is 0.606. The molecule has 0 spiro atoms. The average Bonchev–Trinajstić information content (AvgIpc) is 2.46. The largest absolute Gasteiger partial charge is 0.489 e. The lowest BCUT2D eigenvalue weighted by Crippen LogP contribution is -1.99. The van der Waals surface area contributed by atoms with Gasteiger partial charge in [0.15, 0.2) is 0 Å². The fourth-order valence-corrected chi connectivity index (χ4v) is 2.07. The number of hydrogen-bond donors (Lipinski definition) is 0. The molecule has 0 radical (unpaired) electrons. The minimum absolute atomic E-state index is 0.100. The Bertz CT molecular complexity index is 628. The summed E-state index contributed by atoms with van der Waals surface area (Å²) in [7, 11) is 0. The third-order valence-corrected chi connectivity index (χ3v) is 3.27. The van der Waals surface area contributed by atoms with E-state index in [0.717, 1.165) is 17.7 Å². The van der Waals surface area contributed by atoms with Crippen LogP contribution in [0.25, 0.3) is 0 Å². The maximum Gasteiger partial charge on any atom is 0.288 e. The molecule has 20 heavy (non-hydrogen) atoms. The molecule has 0 aliphatic carbocycles. The number of hydrogen-bond acceptors (Lipinski definition) is 3. The maximum atomic E-state index is 10.8. The van der Waals surface area contributed by atoms with Gasteiger partial charge in [-0.1, -0.05) is 42.8 Å². The van der Waals surface area contributed by atoms with Crippen LogP contribution in [0.4, 0.5) is 5.69 Å². The van der Waals surface area contributed by atoms with Gasteiger partial charge in [-0.05, 0) is 29.7 Å². The summed E-state index contributed by atoms with van der Waals surface area (Å²) in [6, 6.07) is 12.4. The maximum absolute atomic E-state index is 10.8. The normalized spacial score (nSPS) is 10.3. The number of ether oxygens (including phenoxy) is 1. The van der Waals surface area contributed by atoms with Crippen molar-refractivity contribution in [3.05, 3.63) is 68.7 Å². The standard InChI is InChI=1S/C15H14ClNO3/c1-2-12-5-3-4-6-15(12)20-10-11-7-8-13(16)14(9-11)17(18)19/h3-9H,2,10H2,1H3. The minimum atomic E-state index is -0.494.